The lowest BCUT2D eigenvalue weighted by Gasteiger charge is -2.10. The number of aliphatic hydroxyl groups excluding tert-OH is 2. The maximum Gasteiger partial charge on any atom is 0.132 e. The molecule has 0 heterocycles. The molecule has 0 spiro atoms. The van der Waals surface area contributed by atoms with Crippen LogP contribution in [-0.2, 0) is 0 Å². The maximum absolute atomic E-state index is 12.7. The van der Waals surface area contributed by atoms with Crippen LogP contribution in [0.2, 0.25) is 0 Å². The molecule has 0 saturated heterocycles. The zero-order chi connectivity index (χ0) is 7.72. The molecule has 0 aliphatic heterocycles. The topological polar surface area (TPSA) is 66.5 Å². The molecule has 1 fully saturated rings. The van der Waals surface area contributed by atoms with Crippen molar-refractivity contribution >= 4 is 0 Å². The van der Waals surface area contributed by atoms with Gasteiger partial charge in [0.15, 0.2) is 0 Å². The van der Waals surface area contributed by atoms with Gasteiger partial charge in [0, 0.05) is 18.6 Å². The Balaban J connectivity index is 2.53. The van der Waals surface area contributed by atoms with Gasteiger partial charge in [-0.25, -0.2) is 4.39 Å². The van der Waals surface area contributed by atoms with Crippen molar-refractivity contribution in [3.63, 3.8) is 0 Å². The van der Waals surface area contributed by atoms with Gasteiger partial charge in [0.1, 0.15) is 12.3 Å². The molecular formula is C6H12FNO2. The Morgan fingerprint density at radius 3 is 2.40 bits per heavy atom. The molecule has 0 radical (unpaired) electrons. The molecule has 4 atom stereocenters. The van der Waals surface area contributed by atoms with Crippen molar-refractivity contribution in [1.29, 1.82) is 0 Å². The molecule has 0 aromatic heterocycles. The molecule has 1 rings (SSSR count). The maximum atomic E-state index is 12.7. The molecule has 10 heavy (non-hydrogen) atoms. The lowest BCUT2D eigenvalue weighted by molar-refractivity contribution is 0.0611. The number of hydrogen-bond acceptors (Lipinski definition) is 3. The van der Waals surface area contributed by atoms with Crippen LogP contribution in [0, 0.1) is 5.92 Å². The van der Waals surface area contributed by atoms with Crippen LogP contribution in [0.15, 0.2) is 0 Å². The fourth-order valence-corrected chi connectivity index (χ4v) is 1.31. The van der Waals surface area contributed by atoms with Crippen LogP contribution >= 0.6 is 0 Å². The van der Waals surface area contributed by atoms with Crippen LogP contribution in [0.25, 0.3) is 0 Å². The molecule has 1 aliphatic rings. The van der Waals surface area contributed by atoms with Crippen LogP contribution in [0.1, 0.15) is 6.42 Å². The first kappa shape index (κ1) is 7.91. The molecule has 0 bridgehead atoms. The number of alkyl halides is 1. The SMILES string of the molecule is N[C@@H]1C[C@H](CO)[C@@H](F)[C@@H]1O. The Hall–Kier alpha value is -0.190. The molecule has 1 aliphatic carbocycles. The second-order valence-electron chi connectivity index (χ2n) is 2.78. The summed E-state index contributed by atoms with van der Waals surface area (Å²) in [5.74, 6) is -0.468. The van der Waals surface area contributed by atoms with Gasteiger partial charge in [-0.1, -0.05) is 0 Å². The monoisotopic (exact) mass is 149 g/mol. The van der Waals surface area contributed by atoms with Gasteiger partial charge in [-0.05, 0) is 6.42 Å². The first-order valence-electron chi connectivity index (χ1n) is 3.35. The van der Waals surface area contributed by atoms with Gasteiger partial charge in [0.25, 0.3) is 0 Å². The van der Waals surface area contributed by atoms with E-state index in [4.69, 9.17) is 15.9 Å². The normalized spacial score (nSPS) is 48.0. The molecule has 3 nitrogen and oxygen atoms in total. The molecule has 0 unspecified atom stereocenters. The van der Waals surface area contributed by atoms with Gasteiger partial charge in [-0.2, -0.15) is 0 Å². The predicted octanol–water partition coefficient (Wildman–Crippen LogP) is -0.975. The van der Waals surface area contributed by atoms with E-state index in [1.54, 1.807) is 0 Å². The summed E-state index contributed by atoms with van der Waals surface area (Å²) in [6, 6.07) is -0.507. The van der Waals surface area contributed by atoms with Crippen molar-refractivity contribution in [2.24, 2.45) is 11.7 Å². The summed E-state index contributed by atoms with van der Waals surface area (Å²) in [7, 11) is 0. The second kappa shape index (κ2) is 2.82. The average molecular weight is 149 g/mol. The minimum Gasteiger partial charge on any atom is -0.396 e. The summed E-state index contributed by atoms with van der Waals surface area (Å²) in [5.41, 5.74) is 5.33. The van der Waals surface area contributed by atoms with Crippen LogP contribution < -0.4 is 5.73 Å². The molecular weight excluding hydrogens is 137 g/mol. The highest BCUT2D eigenvalue weighted by molar-refractivity contribution is 4.93. The first-order chi connectivity index (χ1) is 4.66. The standard InChI is InChI=1S/C6H12FNO2/c7-5-3(2-9)1-4(8)6(5)10/h3-6,9-10H,1-2,8H2/t3-,4-,5-,6-/m1/s1. The zero-order valence-corrected chi connectivity index (χ0v) is 5.57. The molecule has 0 aromatic rings. The summed E-state index contributed by atoms with van der Waals surface area (Å²) in [5, 5.41) is 17.5. The minimum atomic E-state index is -1.35. The van der Waals surface area contributed by atoms with Crippen molar-refractivity contribution in [3.05, 3.63) is 0 Å². The Bertz CT molecular complexity index is 122. The zero-order valence-electron chi connectivity index (χ0n) is 5.57. The number of aliphatic hydroxyl groups is 2. The van der Waals surface area contributed by atoms with E-state index < -0.39 is 24.2 Å². The quantitative estimate of drug-likeness (QED) is 0.449. The van der Waals surface area contributed by atoms with E-state index in [-0.39, 0.29) is 6.61 Å². The number of nitrogens with two attached hydrogens (primary N) is 1. The highest BCUT2D eigenvalue weighted by atomic mass is 19.1. The summed E-state index contributed by atoms with van der Waals surface area (Å²) in [4.78, 5) is 0. The smallest absolute Gasteiger partial charge is 0.132 e. The van der Waals surface area contributed by atoms with Crippen LogP contribution in [0.5, 0.6) is 0 Å². The molecule has 4 N–H and O–H groups in total. The summed E-state index contributed by atoms with van der Waals surface area (Å²) >= 11 is 0. The van der Waals surface area contributed by atoms with Gasteiger partial charge in [0.05, 0.1) is 0 Å². The first-order valence-corrected chi connectivity index (χ1v) is 3.35. The van der Waals surface area contributed by atoms with E-state index in [2.05, 4.69) is 0 Å². The van der Waals surface area contributed by atoms with Gasteiger partial charge >= 0.3 is 0 Å². The molecule has 4 heteroatoms. The van der Waals surface area contributed by atoms with Crippen LogP contribution in [-0.4, -0.2) is 35.1 Å². The fraction of sp³-hybridized carbons (Fsp3) is 1.00. The van der Waals surface area contributed by atoms with E-state index in [1.165, 1.54) is 0 Å². The summed E-state index contributed by atoms with van der Waals surface area (Å²) in [6.07, 6.45) is -2.06. The van der Waals surface area contributed by atoms with Crippen molar-refractivity contribution in [2.75, 3.05) is 6.61 Å². The molecule has 0 amide bonds. The third kappa shape index (κ3) is 1.14. The van der Waals surface area contributed by atoms with Crippen LogP contribution in [0.4, 0.5) is 4.39 Å². The minimum absolute atomic E-state index is 0.230. The highest BCUT2D eigenvalue weighted by Crippen LogP contribution is 2.27. The highest BCUT2D eigenvalue weighted by Gasteiger charge is 2.40. The third-order valence-corrected chi connectivity index (χ3v) is 2.02. The van der Waals surface area contributed by atoms with E-state index in [0.29, 0.717) is 6.42 Å². The van der Waals surface area contributed by atoms with E-state index in [1.807, 2.05) is 0 Å². The number of hydrogen-bond donors (Lipinski definition) is 3. The van der Waals surface area contributed by atoms with Crippen molar-refractivity contribution in [1.82, 2.24) is 0 Å². The summed E-state index contributed by atoms with van der Waals surface area (Å²) in [6.45, 7) is -0.230. The Morgan fingerprint density at radius 2 is 2.20 bits per heavy atom. The van der Waals surface area contributed by atoms with Crippen molar-refractivity contribution in [2.45, 2.75) is 24.7 Å². The molecule has 1 saturated carbocycles. The van der Waals surface area contributed by atoms with Crippen molar-refractivity contribution < 1.29 is 14.6 Å². The summed E-state index contributed by atoms with van der Waals surface area (Å²) < 4.78 is 12.7. The number of rotatable bonds is 1. The van der Waals surface area contributed by atoms with Gasteiger partial charge < -0.3 is 15.9 Å². The largest absolute Gasteiger partial charge is 0.396 e. The van der Waals surface area contributed by atoms with E-state index in [9.17, 15) is 4.39 Å². The second-order valence-corrected chi connectivity index (χ2v) is 2.78. The van der Waals surface area contributed by atoms with Crippen LogP contribution in [0.3, 0.4) is 0 Å². The Kier molecular flexibility index (Phi) is 2.23. The lowest BCUT2D eigenvalue weighted by Crippen LogP contribution is -2.33. The Labute approximate surface area is 58.7 Å². The Morgan fingerprint density at radius 1 is 1.60 bits per heavy atom. The molecule has 60 valence electrons. The van der Waals surface area contributed by atoms with E-state index >= 15 is 0 Å². The fourth-order valence-electron chi connectivity index (χ4n) is 1.31. The number of halogens is 1. The van der Waals surface area contributed by atoms with Crippen molar-refractivity contribution in [3.8, 4) is 0 Å². The van der Waals surface area contributed by atoms with Gasteiger partial charge in [-0.15, -0.1) is 0 Å². The van der Waals surface area contributed by atoms with Gasteiger partial charge in [0.2, 0.25) is 0 Å². The predicted molar refractivity (Wildman–Crippen MR) is 34.1 cm³/mol. The van der Waals surface area contributed by atoms with E-state index in [0.717, 1.165) is 0 Å². The third-order valence-electron chi connectivity index (χ3n) is 2.02. The van der Waals surface area contributed by atoms with Gasteiger partial charge in [-0.3, -0.25) is 0 Å². The lowest BCUT2D eigenvalue weighted by atomic mass is 10.1. The molecule has 0 aromatic carbocycles. The average Bonchev–Trinajstić information content (AvgIpc) is 2.17.